The molecular weight excluding hydrogens is 236 g/mol. The first kappa shape index (κ1) is 13.1. The van der Waals surface area contributed by atoms with E-state index < -0.39 is 0 Å². The second-order valence-electron chi connectivity index (χ2n) is 3.99. The van der Waals surface area contributed by atoms with Crippen LogP contribution in [0.5, 0.6) is 0 Å². The van der Waals surface area contributed by atoms with E-state index in [2.05, 4.69) is 45.8 Å². The van der Waals surface area contributed by atoms with Crippen molar-refractivity contribution < 1.29 is 0 Å². The zero-order valence-electron chi connectivity index (χ0n) is 11.1. The smallest absolute Gasteiger partial charge is 0.224 e. The summed E-state index contributed by atoms with van der Waals surface area (Å²) in [6, 6.07) is 12.1. The average molecular weight is 254 g/mol. The van der Waals surface area contributed by atoms with Gasteiger partial charge in [-0.3, -0.25) is 0 Å². The van der Waals surface area contributed by atoms with Gasteiger partial charge in [-0.05, 0) is 25.1 Å². The van der Waals surface area contributed by atoms with Crippen LogP contribution in [0.4, 0.5) is 17.5 Å². The van der Waals surface area contributed by atoms with Crippen LogP contribution < -0.4 is 10.2 Å². The van der Waals surface area contributed by atoms with Crippen molar-refractivity contribution in [3.63, 3.8) is 0 Å². The third kappa shape index (κ3) is 3.31. The van der Waals surface area contributed by atoms with Crippen molar-refractivity contribution in [1.29, 1.82) is 0 Å². The molecule has 2 rings (SSSR count). The van der Waals surface area contributed by atoms with E-state index in [0.29, 0.717) is 12.5 Å². The fourth-order valence-electron chi connectivity index (χ4n) is 1.83. The number of benzene rings is 1. The lowest BCUT2D eigenvalue weighted by Crippen LogP contribution is -2.18. The Labute approximate surface area is 113 Å². The average Bonchev–Trinajstić information content (AvgIpc) is 2.47. The topological polar surface area (TPSA) is 41.1 Å². The molecule has 0 fully saturated rings. The van der Waals surface area contributed by atoms with Crippen molar-refractivity contribution in [2.45, 2.75) is 6.92 Å². The van der Waals surface area contributed by atoms with E-state index in [9.17, 15) is 0 Å². The van der Waals surface area contributed by atoms with Crippen molar-refractivity contribution in [1.82, 2.24) is 9.97 Å². The van der Waals surface area contributed by atoms with Crippen LogP contribution in [-0.4, -0.2) is 23.1 Å². The lowest BCUT2D eigenvalue weighted by Gasteiger charge is -2.22. The zero-order valence-corrected chi connectivity index (χ0v) is 11.1. The molecule has 0 amide bonds. The minimum atomic E-state index is 0.617. The molecule has 0 unspecified atom stereocenters. The second-order valence-corrected chi connectivity index (χ2v) is 3.99. The maximum Gasteiger partial charge on any atom is 0.224 e. The molecule has 4 heteroatoms. The number of para-hydroxylation sites is 1. The molecule has 0 spiro atoms. The SMILES string of the molecule is C=CCNc1nccc(N(CC)c2ccccc2)n1. The molecule has 0 aliphatic heterocycles. The van der Waals surface area contributed by atoms with Crippen LogP contribution in [0, 0.1) is 0 Å². The standard InChI is InChI=1S/C15H18N4/c1-3-11-16-15-17-12-10-14(18-15)19(4-2)13-8-6-5-7-9-13/h3,5-10,12H,1,4,11H2,2H3,(H,16,17,18). The third-order valence-electron chi connectivity index (χ3n) is 2.71. The van der Waals surface area contributed by atoms with E-state index in [1.165, 1.54) is 0 Å². The molecular formula is C15H18N4. The van der Waals surface area contributed by atoms with Gasteiger partial charge in [-0.15, -0.1) is 6.58 Å². The monoisotopic (exact) mass is 254 g/mol. The fourth-order valence-corrected chi connectivity index (χ4v) is 1.83. The Bertz CT molecular complexity index is 525. The van der Waals surface area contributed by atoms with Crippen LogP contribution in [0.15, 0.2) is 55.3 Å². The van der Waals surface area contributed by atoms with Crippen LogP contribution in [-0.2, 0) is 0 Å². The highest BCUT2D eigenvalue weighted by Crippen LogP contribution is 2.23. The Morgan fingerprint density at radius 1 is 1.26 bits per heavy atom. The number of nitrogens with one attached hydrogen (secondary N) is 1. The summed E-state index contributed by atoms with van der Waals surface area (Å²) >= 11 is 0. The molecule has 4 nitrogen and oxygen atoms in total. The molecule has 19 heavy (non-hydrogen) atoms. The Morgan fingerprint density at radius 3 is 2.74 bits per heavy atom. The maximum atomic E-state index is 4.51. The van der Waals surface area contributed by atoms with Gasteiger partial charge in [0.2, 0.25) is 5.95 Å². The maximum absolute atomic E-state index is 4.51. The predicted molar refractivity (Wildman–Crippen MR) is 79.8 cm³/mol. The largest absolute Gasteiger partial charge is 0.351 e. The van der Waals surface area contributed by atoms with Gasteiger partial charge in [0, 0.05) is 25.0 Å². The first-order valence-corrected chi connectivity index (χ1v) is 6.35. The van der Waals surface area contributed by atoms with Crippen LogP contribution in [0.2, 0.25) is 0 Å². The first-order valence-electron chi connectivity index (χ1n) is 6.35. The summed E-state index contributed by atoms with van der Waals surface area (Å²) in [5, 5.41) is 3.10. The van der Waals surface area contributed by atoms with Gasteiger partial charge >= 0.3 is 0 Å². The third-order valence-corrected chi connectivity index (χ3v) is 2.71. The number of hydrogen-bond donors (Lipinski definition) is 1. The van der Waals surface area contributed by atoms with E-state index in [1.807, 2.05) is 24.3 Å². The molecule has 0 aliphatic carbocycles. The van der Waals surface area contributed by atoms with E-state index in [1.54, 1.807) is 12.3 Å². The van der Waals surface area contributed by atoms with E-state index in [-0.39, 0.29) is 0 Å². The first-order chi connectivity index (χ1) is 9.35. The van der Waals surface area contributed by atoms with Crippen molar-refractivity contribution in [3.05, 3.63) is 55.3 Å². The number of hydrogen-bond acceptors (Lipinski definition) is 4. The summed E-state index contributed by atoms with van der Waals surface area (Å²) in [7, 11) is 0. The molecule has 0 saturated heterocycles. The Kier molecular flexibility index (Phi) is 4.50. The number of aromatic nitrogens is 2. The second kappa shape index (κ2) is 6.54. The van der Waals surface area contributed by atoms with Crippen molar-refractivity contribution in [2.24, 2.45) is 0 Å². The molecule has 1 aromatic heterocycles. The molecule has 1 N–H and O–H groups in total. The molecule has 0 bridgehead atoms. The molecule has 2 aromatic rings. The summed E-state index contributed by atoms with van der Waals surface area (Å²) in [6.07, 6.45) is 3.55. The lowest BCUT2D eigenvalue weighted by molar-refractivity contribution is 0.974. The molecule has 0 aliphatic rings. The highest BCUT2D eigenvalue weighted by molar-refractivity contribution is 5.60. The fraction of sp³-hybridized carbons (Fsp3) is 0.200. The summed E-state index contributed by atoms with van der Waals surface area (Å²) in [5.74, 6) is 1.50. The van der Waals surface area contributed by atoms with Gasteiger partial charge in [-0.25, -0.2) is 4.98 Å². The van der Waals surface area contributed by atoms with Crippen LogP contribution in [0.1, 0.15) is 6.92 Å². The van der Waals surface area contributed by atoms with E-state index in [0.717, 1.165) is 18.1 Å². The van der Waals surface area contributed by atoms with Crippen molar-refractivity contribution in [3.8, 4) is 0 Å². The van der Waals surface area contributed by atoms with Crippen molar-refractivity contribution in [2.75, 3.05) is 23.3 Å². The summed E-state index contributed by atoms with van der Waals surface area (Å²) < 4.78 is 0. The Morgan fingerprint density at radius 2 is 2.05 bits per heavy atom. The van der Waals surface area contributed by atoms with E-state index in [4.69, 9.17) is 0 Å². The minimum absolute atomic E-state index is 0.617. The molecule has 1 heterocycles. The van der Waals surface area contributed by atoms with Gasteiger partial charge in [-0.2, -0.15) is 4.98 Å². The molecule has 98 valence electrons. The number of nitrogens with zero attached hydrogens (tertiary/aromatic N) is 3. The zero-order chi connectivity index (χ0) is 13.5. The minimum Gasteiger partial charge on any atom is -0.351 e. The molecule has 0 atom stereocenters. The quantitative estimate of drug-likeness (QED) is 0.803. The highest BCUT2D eigenvalue weighted by Gasteiger charge is 2.08. The van der Waals surface area contributed by atoms with Crippen LogP contribution in [0.3, 0.4) is 0 Å². The van der Waals surface area contributed by atoms with E-state index >= 15 is 0 Å². The number of rotatable bonds is 6. The van der Waals surface area contributed by atoms with Gasteiger partial charge in [0.05, 0.1) is 0 Å². The van der Waals surface area contributed by atoms with Gasteiger partial charge in [0.1, 0.15) is 5.82 Å². The normalized spacial score (nSPS) is 9.95. The lowest BCUT2D eigenvalue weighted by atomic mass is 10.3. The summed E-state index contributed by atoms with van der Waals surface area (Å²) in [5.41, 5.74) is 1.12. The van der Waals surface area contributed by atoms with Crippen molar-refractivity contribution >= 4 is 17.5 Å². The van der Waals surface area contributed by atoms with Gasteiger partial charge in [-0.1, -0.05) is 24.3 Å². The van der Waals surface area contributed by atoms with Gasteiger partial charge in [0.15, 0.2) is 0 Å². The molecule has 1 aromatic carbocycles. The molecule has 0 radical (unpaired) electrons. The van der Waals surface area contributed by atoms with Gasteiger partial charge < -0.3 is 10.2 Å². The van der Waals surface area contributed by atoms with Gasteiger partial charge in [0.25, 0.3) is 0 Å². The molecule has 0 saturated carbocycles. The highest BCUT2D eigenvalue weighted by atomic mass is 15.2. The summed E-state index contributed by atoms with van der Waals surface area (Å²) in [6.45, 7) is 7.27. The van der Waals surface area contributed by atoms with Crippen LogP contribution in [0.25, 0.3) is 0 Å². The predicted octanol–water partition coefficient (Wildman–Crippen LogP) is 3.23. The Balaban J connectivity index is 2.26. The summed E-state index contributed by atoms with van der Waals surface area (Å²) in [4.78, 5) is 10.8. The Hall–Kier alpha value is -2.36. The van der Waals surface area contributed by atoms with Crippen LogP contribution >= 0.6 is 0 Å². The number of anilines is 3.